The molecule has 8 nitrogen and oxygen atoms in total. The van der Waals surface area contributed by atoms with Crippen molar-refractivity contribution in [1.29, 1.82) is 0 Å². The van der Waals surface area contributed by atoms with Gasteiger partial charge in [0.1, 0.15) is 10.8 Å². The molecule has 1 N–H and O–H groups in total. The Labute approximate surface area is 166 Å². The predicted molar refractivity (Wildman–Crippen MR) is 107 cm³/mol. The molecule has 0 bridgehead atoms. The number of hydrogen-bond acceptors (Lipinski definition) is 7. The van der Waals surface area contributed by atoms with Gasteiger partial charge in [0.05, 0.1) is 18.6 Å². The van der Waals surface area contributed by atoms with Gasteiger partial charge in [-0.3, -0.25) is 10.1 Å². The summed E-state index contributed by atoms with van der Waals surface area (Å²) in [5, 5.41) is 11.5. The second kappa shape index (κ2) is 8.46. The average Bonchev–Trinajstić information content (AvgIpc) is 3.17. The van der Waals surface area contributed by atoms with E-state index in [2.05, 4.69) is 15.5 Å². The Morgan fingerprint density at radius 1 is 1.11 bits per heavy atom. The molecule has 0 aliphatic heterocycles. The summed E-state index contributed by atoms with van der Waals surface area (Å²) < 4.78 is 31.2. The van der Waals surface area contributed by atoms with Crippen LogP contribution in [-0.2, 0) is 14.8 Å². The third kappa shape index (κ3) is 4.53. The number of carbonyl (C=O) groups is 1. The Morgan fingerprint density at radius 2 is 1.79 bits per heavy atom. The Balaban J connectivity index is 1.64. The summed E-state index contributed by atoms with van der Waals surface area (Å²) in [5.41, 5.74) is 0.889. The number of nitrogens with one attached hydrogen (secondary N) is 1. The highest BCUT2D eigenvalue weighted by Crippen LogP contribution is 2.26. The van der Waals surface area contributed by atoms with Gasteiger partial charge in [0.2, 0.25) is 21.1 Å². The predicted octanol–water partition coefficient (Wildman–Crippen LogP) is 2.47. The van der Waals surface area contributed by atoms with E-state index in [-0.39, 0.29) is 11.4 Å². The van der Waals surface area contributed by atoms with Crippen molar-refractivity contribution >= 4 is 32.4 Å². The molecule has 28 heavy (non-hydrogen) atoms. The monoisotopic (exact) mass is 418 g/mol. The lowest BCUT2D eigenvalue weighted by Crippen LogP contribution is -2.34. The van der Waals surface area contributed by atoms with Gasteiger partial charge in [0.25, 0.3) is 0 Å². The molecular weight excluding hydrogens is 400 g/mol. The maximum atomic E-state index is 12.6. The van der Waals surface area contributed by atoms with Gasteiger partial charge in [-0.15, -0.1) is 10.2 Å². The smallest absolute Gasteiger partial charge is 0.243 e. The molecule has 1 aromatic heterocycles. The van der Waals surface area contributed by atoms with E-state index in [1.54, 1.807) is 12.1 Å². The molecule has 0 saturated heterocycles. The molecule has 0 unspecified atom stereocenters. The number of methoxy groups -OCH3 is 1. The zero-order chi connectivity index (χ0) is 20.1. The lowest BCUT2D eigenvalue weighted by molar-refractivity contribution is -0.116. The van der Waals surface area contributed by atoms with Crippen LogP contribution in [0, 0.1) is 0 Å². The van der Waals surface area contributed by atoms with Gasteiger partial charge < -0.3 is 4.74 Å². The summed E-state index contributed by atoms with van der Waals surface area (Å²) in [4.78, 5) is 12.3. The van der Waals surface area contributed by atoms with Crippen molar-refractivity contribution in [2.75, 3.05) is 26.0 Å². The molecule has 1 amide bonds. The van der Waals surface area contributed by atoms with Gasteiger partial charge in [-0.25, -0.2) is 8.42 Å². The van der Waals surface area contributed by atoms with E-state index in [0.717, 1.165) is 9.87 Å². The van der Waals surface area contributed by atoms with Crippen LogP contribution < -0.4 is 10.1 Å². The van der Waals surface area contributed by atoms with Gasteiger partial charge in [0, 0.05) is 12.6 Å². The number of likely N-dealkylation sites (N-methyl/N-ethyl adjacent to an activating group) is 1. The standard InChI is InChI=1S/C18H18N4O4S2/c1-22(28(24,25)15-10-8-14(26-2)9-11-15)12-16(23)19-18-21-20-17(27-18)13-6-4-3-5-7-13/h3-11H,12H2,1-2H3,(H,19,21,23). The first kappa shape index (κ1) is 19.9. The first-order chi connectivity index (χ1) is 13.4. The Hall–Kier alpha value is -2.82. The highest BCUT2D eigenvalue weighted by atomic mass is 32.2. The van der Waals surface area contributed by atoms with Crippen molar-refractivity contribution < 1.29 is 17.9 Å². The molecular formula is C18H18N4O4S2. The van der Waals surface area contributed by atoms with Crippen LogP contribution in [0.15, 0.2) is 59.5 Å². The molecule has 0 spiro atoms. The molecule has 10 heteroatoms. The molecule has 146 valence electrons. The minimum atomic E-state index is -3.80. The molecule has 3 rings (SSSR count). The third-order valence-corrected chi connectivity index (χ3v) is 6.53. The summed E-state index contributed by atoms with van der Waals surface area (Å²) >= 11 is 1.21. The third-order valence-electron chi connectivity index (χ3n) is 3.83. The topological polar surface area (TPSA) is 101 Å². The summed E-state index contributed by atoms with van der Waals surface area (Å²) in [5.74, 6) is 0.0418. The summed E-state index contributed by atoms with van der Waals surface area (Å²) in [6.07, 6.45) is 0. The van der Waals surface area contributed by atoms with Crippen molar-refractivity contribution in [2.24, 2.45) is 0 Å². The molecule has 0 radical (unpaired) electrons. The number of amides is 1. The quantitative estimate of drug-likeness (QED) is 0.632. The number of nitrogens with zero attached hydrogens (tertiary/aromatic N) is 3. The number of hydrogen-bond donors (Lipinski definition) is 1. The van der Waals surface area contributed by atoms with E-state index >= 15 is 0 Å². The molecule has 0 fully saturated rings. The summed E-state index contributed by atoms with van der Waals surface area (Å²) in [6, 6.07) is 15.4. The van der Waals surface area contributed by atoms with Crippen LogP contribution >= 0.6 is 11.3 Å². The number of anilines is 1. The molecule has 1 heterocycles. The first-order valence-corrected chi connectivity index (χ1v) is 10.4. The number of sulfonamides is 1. The fourth-order valence-corrected chi connectivity index (χ4v) is 4.24. The van der Waals surface area contributed by atoms with Crippen LogP contribution in [-0.4, -0.2) is 49.5 Å². The van der Waals surface area contributed by atoms with Crippen molar-refractivity contribution in [1.82, 2.24) is 14.5 Å². The lowest BCUT2D eigenvalue weighted by Gasteiger charge is -2.16. The van der Waals surface area contributed by atoms with E-state index in [1.165, 1.54) is 37.6 Å². The maximum Gasteiger partial charge on any atom is 0.243 e. The van der Waals surface area contributed by atoms with Crippen LogP contribution in [0.5, 0.6) is 5.75 Å². The maximum absolute atomic E-state index is 12.6. The van der Waals surface area contributed by atoms with Crippen LogP contribution in [0.3, 0.4) is 0 Å². The Bertz CT molecular complexity index is 1050. The summed E-state index contributed by atoms with van der Waals surface area (Å²) in [6.45, 7) is -0.353. The van der Waals surface area contributed by atoms with Gasteiger partial charge in [-0.2, -0.15) is 4.31 Å². The van der Waals surface area contributed by atoms with Crippen molar-refractivity contribution in [3.8, 4) is 16.3 Å². The first-order valence-electron chi connectivity index (χ1n) is 8.19. The van der Waals surface area contributed by atoms with Crippen LogP contribution in [0.1, 0.15) is 0 Å². The fraction of sp³-hybridized carbons (Fsp3) is 0.167. The van der Waals surface area contributed by atoms with Crippen LogP contribution in [0.2, 0.25) is 0 Å². The van der Waals surface area contributed by atoms with Crippen LogP contribution in [0.4, 0.5) is 5.13 Å². The van der Waals surface area contributed by atoms with E-state index in [4.69, 9.17) is 4.74 Å². The van der Waals surface area contributed by atoms with Gasteiger partial charge in [-0.05, 0) is 24.3 Å². The highest BCUT2D eigenvalue weighted by molar-refractivity contribution is 7.89. The SMILES string of the molecule is COc1ccc(S(=O)(=O)N(C)CC(=O)Nc2nnc(-c3ccccc3)s2)cc1. The van der Waals surface area contributed by atoms with Crippen molar-refractivity contribution in [3.05, 3.63) is 54.6 Å². The minimum absolute atomic E-state index is 0.0749. The van der Waals surface area contributed by atoms with E-state index in [0.29, 0.717) is 15.9 Å². The van der Waals surface area contributed by atoms with E-state index < -0.39 is 15.9 Å². The Kier molecular flexibility index (Phi) is 6.02. The van der Waals surface area contributed by atoms with Crippen molar-refractivity contribution in [2.45, 2.75) is 4.90 Å². The number of rotatable bonds is 7. The zero-order valence-corrected chi connectivity index (χ0v) is 16.8. The van der Waals surface area contributed by atoms with E-state index in [1.807, 2.05) is 30.3 Å². The zero-order valence-electron chi connectivity index (χ0n) is 15.2. The molecule has 0 atom stereocenters. The van der Waals surface area contributed by atoms with Gasteiger partial charge in [-0.1, -0.05) is 41.7 Å². The van der Waals surface area contributed by atoms with Crippen molar-refractivity contribution in [3.63, 3.8) is 0 Å². The number of carbonyl (C=O) groups excluding carboxylic acids is 1. The Morgan fingerprint density at radius 3 is 2.43 bits per heavy atom. The van der Waals surface area contributed by atoms with E-state index in [9.17, 15) is 13.2 Å². The molecule has 2 aromatic carbocycles. The lowest BCUT2D eigenvalue weighted by atomic mass is 10.2. The molecule has 0 aliphatic rings. The molecule has 0 saturated carbocycles. The number of benzene rings is 2. The number of aromatic nitrogens is 2. The molecule has 0 aliphatic carbocycles. The normalized spacial score (nSPS) is 11.4. The number of ether oxygens (including phenoxy) is 1. The molecule has 3 aromatic rings. The minimum Gasteiger partial charge on any atom is -0.497 e. The largest absolute Gasteiger partial charge is 0.497 e. The van der Waals surface area contributed by atoms with Crippen LogP contribution in [0.25, 0.3) is 10.6 Å². The second-order valence-corrected chi connectivity index (χ2v) is 8.79. The second-order valence-electron chi connectivity index (χ2n) is 5.76. The average molecular weight is 419 g/mol. The van der Waals surface area contributed by atoms with Gasteiger partial charge >= 0.3 is 0 Å². The summed E-state index contributed by atoms with van der Waals surface area (Å²) in [7, 11) is -0.966. The highest BCUT2D eigenvalue weighted by Gasteiger charge is 2.23. The van der Waals surface area contributed by atoms with Gasteiger partial charge in [0.15, 0.2) is 0 Å². The fourth-order valence-electron chi connectivity index (χ4n) is 2.34.